The number of hydrogen-bond acceptors (Lipinski definition) is 4. The molecule has 1 atom stereocenters. The molecule has 2 N–H and O–H groups in total. The largest absolute Gasteiger partial charge is 0.507 e. The van der Waals surface area contributed by atoms with E-state index in [1.54, 1.807) is 13.2 Å². The van der Waals surface area contributed by atoms with Crippen LogP contribution in [0.2, 0.25) is 0 Å². The van der Waals surface area contributed by atoms with Gasteiger partial charge < -0.3 is 14.7 Å². The molecule has 174 valence electrons. The normalized spacial score (nSPS) is 15.9. The van der Waals surface area contributed by atoms with Gasteiger partial charge >= 0.3 is 0 Å². The number of methoxy groups -OCH3 is 1. The van der Waals surface area contributed by atoms with Crippen molar-refractivity contribution in [2.45, 2.75) is 52.5 Å². The van der Waals surface area contributed by atoms with Crippen molar-refractivity contribution in [3.63, 3.8) is 0 Å². The molecule has 33 heavy (non-hydrogen) atoms. The Morgan fingerprint density at radius 1 is 1.15 bits per heavy atom. The van der Waals surface area contributed by atoms with Crippen LogP contribution < -0.4 is 0 Å². The summed E-state index contributed by atoms with van der Waals surface area (Å²) < 4.78 is 5.23. The van der Waals surface area contributed by atoms with E-state index >= 15 is 0 Å². The Labute approximate surface area is 195 Å². The standard InChI is InChI=1S/C27H33N3O3/c1-16-14-17(2)21(20(31)15-16)23-22-24(29-28-23)26(32)30(12-7-13-33-6)25(22)18-8-10-19(11-9-18)27(3,4)5/h8-11,14-15,25,31H,7,12-13H2,1-6H3,(H,28,29). The van der Waals surface area contributed by atoms with Crippen LogP contribution in [0.1, 0.15) is 71.5 Å². The molecule has 0 bridgehead atoms. The topological polar surface area (TPSA) is 78.5 Å². The smallest absolute Gasteiger partial charge is 0.273 e. The average molecular weight is 448 g/mol. The zero-order valence-corrected chi connectivity index (χ0v) is 20.3. The number of phenolic OH excluding ortho intramolecular Hbond substituents is 1. The van der Waals surface area contributed by atoms with Gasteiger partial charge in [0.05, 0.1) is 6.04 Å². The summed E-state index contributed by atoms with van der Waals surface area (Å²) in [6, 6.07) is 12.0. The molecular formula is C27H33N3O3. The van der Waals surface area contributed by atoms with Crippen LogP contribution in [0.25, 0.3) is 11.3 Å². The van der Waals surface area contributed by atoms with E-state index in [0.717, 1.165) is 28.7 Å². The quantitative estimate of drug-likeness (QED) is 0.504. The number of aryl methyl sites for hydroxylation is 2. The van der Waals surface area contributed by atoms with Crippen LogP contribution in [0.5, 0.6) is 5.75 Å². The van der Waals surface area contributed by atoms with Crippen molar-refractivity contribution in [1.82, 2.24) is 15.1 Å². The van der Waals surface area contributed by atoms with Gasteiger partial charge in [-0.15, -0.1) is 0 Å². The number of nitrogens with one attached hydrogen (secondary N) is 1. The second-order valence-corrected chi connectivity index (χ2v) is 9.96. The summed E-state index contributed by atoms with van der Waals surface area (Å²) in [6.07, 6.45) is 0.737. The van der Waals surface area contributed by atoms with Gasteiger partial charge in [-0.05, 0) is 54.0 Å². The molecule has 4 rings (SSSR count). The maximum atomic E-state index is 13.4. The lowest BCUT2D eigenvalue weighted by Gasteiger charge is -2.27. The number of amides is 1. The highest BCUT2D eigenvalue weighted by atomic mass is 16.5. The van der Waals surface area contributed by atoms with E-state index in [0.29, 0.717) is 30.1 Å². The van der Waals surface area contributed by atoms with E-state index in [1.807, 2.05) is 24.8 Å². The molecule has 1 amide bonds. The molecule has 1 aliphatic heterocycles. The second-order valence-electron chi connectivity index (χ2n) is 9.96. The van der Waals surface area contributed by atoms with E-state index in [9.17, 15) is 9.90 Å². The number of aromatic nitrogens is 2. The third kappa shape index (κ3) is 4.15. The lowest BCUT2D eigenvalue weighted by molar-refractivity contribution is 0.0723. The lowest BCUT2D eigenvalue weighted by atomic mass is 9.85. The summed E-state index contributed by atoms with van der Waals surface area (Å²) in [5, 5.41) is 18.3. The minimum absolute atomic E-state index is 0.0406. The SMILES string of the molecule is COCCCN1C(=O)c2[nH]nc(-c3c(C)cc(C)cc3O)c2C1c1ccc(C(C)(C)C)cc1. The number of phenols is 1. The predicted molar refractivity (Wildman–Crippen MR) is 130 cm³/mol. The van der Waals surface area contributed by atoms with Crippen molar-refractivity contribution >= 4 is 5.91 Å². The van der Waals surface area contributed by atoms with E-state index in [-0.39, 0.29) is 23.1 Å². The summed E-state index contributed by atoms with van der Waals surface area (Å²) in [6.45, 7) is 11.6. The van der Waals surface area contributed by atoms with Crippen molar-refractivity contribution in [1.29, 1.82) is 0 Å². The molecule has 0 radical (unpaired) electrons. The van der Waals surface area contributed by atoms with Crippen LogP contribution in [0, 0.1) is 13.8 Å². The van der Waals surface area contributed by atoms with Crippen LogP contribution >= 0.6 is 0 Å². The first-order valence-electron chi connectivity index (χ1n) is 11.4. The maximum Gasteiger partial charge on any atom is 0.273 e. The first kappa shape index (κ1) is 23.1. The highest BCUT2D eigenvalue weighted by Gasteiger charge is 2.42. The molecule has 0 saturated carbocycles. The van der Waals surface area contributed by atoms with Crippen molar-refractivity contribution < 1.29 is 14.6 Å². The van der Waals surface area contributed by atoms with Crippen LogP contribution in [0.4, 0.5) is 0 Å². The highest BCUT2D eigenvalue weighted by molar-refractivity contribution is 6.00. The number of H-pyrrole nitrogens is 1. The first-order valence-corrected chi connectivity index (χ1v) is 11.4. The van der Waals surface area contributed by atoms with Crippen molar-refractivity contribution in [2.24, 2.45) is 0 Å². The fraction of sp³-hybridized carbons (Fsp3) is 0.407. The monoisotopic (exact) mass is 447 g/mol. The Bertz CT molecular complexity index is 1150. The van der Waals surface area contributed by atoms with Gasteiger partial charge in [-0.2, -0.15) is 5.10 Å². The zero-order valence-electron chi connectivity index (χ0n) is 20.3. The van der Waals surface area contributed by atoms with Crippen LogP contribution in [0.15, 0.2) is 36.4 Å². The van der Waals surface area contributed by atoms with Gasteiger partial charge in [0.15, 0.2) is 0 Å². The zero-order chi connectivity index (χ0) is 23.9. The third-order valence-electron chi connectivity index (χ3n) is 6.40. The summed E-state index contributed by atoms with van der Waals surface area (Å²) in [4.78, 5) is 15.3. The number of benzene rings is 2. The molecule has 3 aromatic rings. The van der Waals surface area contributed by atoms with Gasteiger partial charge in [-0.1, -0.05) is 51.1 Å². The predicted octanol–water partition coefficient (Wildman–Crippen LogP) is 5.28. The Hall–Kier alpha value is -3.12. The number of rotatable bonds is 6. The van der Waals surface area contributed by atoms with Crippen LogP contribution in [0.3, 0.4) is 0 Å². The Morgan fingerprint density at radius 2 is 1.85 bits per heavy atom. The van der Waals surface area contributed by atoms with E-state index in [2.05, 4.69) is 55.2 Å². The number of hydrogen-bond donors (Lipinski definition) is 2. The van der Waals surface area contributed by atoms with Crippen LogP contribution in [-0.4, -0.2) is 46.4 Å². The number of nitrogens with zero attached hydrogens (tertiary/aromatic N) is 2. The second kappa shape index (κ2) is 8.67. The van der Waals surface area contributed by atoms with Crippen molar-refractivity contribution in [3.8, 4) is 17.0 Å². The minimum Gasteiger partial charge on any atom is -0.507 e. The average Bonchev–Trinajstić information content (AvgIpc) is 3.27. The fourth-order valence-electron chi connectivity index (χ4n) is 4.76. The van der Waals surface area contributed by atoms with Gasteiger partial charge in [0.1, 0.15) is 17.1 Å². The number of ether oxygens (including phenoxy) is 1. The number of carbonyl (C=O) groups excluding carboxylic acids is 1. The Morgan fingerprint density at radius 3 is 2.45 bits per heavy atom. The van der Waals surface area contributed by atoms with Gasteiger partial charge in [0, 0.05) is 31.4 Å². The number of aromatic amines is 1. The van der Waals surface area contributed by atoms with Gasteiger partial charge in [-0.25, -0.2) is 0 Å². The minimum atomic E-state index is -0.285. The lowest BCUT2D eigenvalue weighted by Crippen LogP contribution is -2.31. The summed E-state index contributed by atoms with van der Waals surface area (Å²) in [5.41, 5.74) is 6.82. The molecule has 1 unspecified atom stereocenters. The van der Waals surface area contributed by atoms with Crippen molar-refractivity contribution in [2.75, 3.05) is 20.3 Å². The molecule has 0 fully saturated rings. The molecule has 0 aliphatic carbocycles. The molecule has 0 spiro atoms. The highest BCUT2D eigenvalue weighted by Crippen LogP contribution is 2.45. The van der Waals surface area contributed by atoms with Gasteiger partial charge in [-0.3, -0.25) is 9.89 Å². The number of fused-ring (bicyclic) bond motifs is 1. The third-order valence-corrected chi connectivity index (χ3v) is 6.40. The molecule has 6 nitrogen and oxygen atoms in total. The number of aromatic hydroxyl groups is 1. The molecule has 2 heterocycles. The van der Waals surface area contributed by atoms with Crippen molar-refractivity contribution in [3.05, 3.63) is 69.9 Å². The van der Waals surface area contributed by atoms with E-state index < -0.39 is 0 Å². The molecule has 2 aromatic carbocycles. The van der Waals surface area contributed by atoms with Crippen LogP contribution in [-0.2, 0) is 10.2 Å². The molecule has 1 aromatic heterocycles. The first-order chi connectivity index (χ1) is 15.6. The number of carbonyl (C=O) groups is 1. The van der Waals surface area contributed by atoms with E-state index in [1.165, 1.54) is 5.56 Å². The molecule has 0 saturated heterocycles. The molecular weight excluding hydrogens is 414 g/mol. The summed E-state index contributed by atoms with van der Waals surface area (Å²) >= 11 is 0. The van der Waals surface area contributed by atoms with Gasteiger partial charge in [0.2, 0.25) is 0 Å². The Kier molecular flexibility index (Phi) is 6.06. The maximum absolute atomic E-state index is 13.4. The van der Waals surface area contributed by atoms with E-state index in [4.69, 9.17) is 4.74 Å². The molecule has 1 aliphatic rings. The van der Waals surface area contributed by atoms with Gasteiger partial charge in [0.25, 0.3) is 5.91 Å². The summed E-state index contributed by atoms with van der Waals surface area (Å²) in [5.74, 6) is 0.0999. The fourth-order valence-corrected chi connectivity index (χ4v) is 4.76. The summed E-state index contributed by atoms with van der Waals surface area (Å²) in [7, 11) is 1.67. The Balaban J connectivity index is 1.86. The molecule has 6 heteroatoms.